The molecule has 4 nitrogen and oxygen atoms in total. The van der Waals surface area contributed by atoms with Crippen LogP contribution in [0.15, 0.2) is 18.2 Å². The molecule has 0 atom stereocenters. The van der Waals surface area contributed by atoms with E-state index in [1.165, 1.54) is 6.07 Å². The van der Waals surface area contributed by atoms with Crippen LogP contribution in [0.3, 0.4) is 0 Å². The highest BCUT2D eigenvalue weighted by Crippen LogP contribution is 2.22. The molecule has 0 saturated carbocycles. The highest BCUT2D eigenvalue weighted by atomic mass is 32.2. The zero-order chi connectivity index (χ0) is 14.7. The number of alkyl halides is 3. The maximum absolute atomic E-state index is 13.3. The highest BCUT2D eigenvalue weighted by molar-refractivity contribution is 7.92. The van der Waals surface area contributed by atoms with Gasteiger partial charge in [-0.1, -0.05) is 0 Å². The number of hydrogen-bond acceptors (Lipinski definition) is 3. The van der Waals surface area contributed by atoms with Gasteiger partial charge in [-0.25, -0.2) is 12.8 Å². The van der Waals surface area contributed by atoms with E-state index in [1.807, 2.05) is 4.72 Å². The van der Waals surface area contributed by atoms with Crippen LogP contribution in [0, 0.1) is 5.82 Å². The van der Waals surface area contributed by atoms with Crippen LogP contribution in [0.1, 0.15) is 12.8 Å². The minimum absolute atomic E-state index is 0.109. The average molecular weight is 300 g/mol. The van der Waals surface area contributed by atoms with Gasteiger partial charge in [-0.3, -0.25) is 4.72 Å². The van der Waals surface area contributed by atoms with Gasteiger partial charge in [-0.15, -0.1) is 0 Å². The summed E-state index contributed by atoms with van der Waals surface area (Å²) in [5.41, 5.74) is 5.04. The van der Waals surface area contributed by atoms with Gasteiger partial charge in [0.1, 0.15) is 5.82 Å². The van der Waals surface area contributed by atoms with Gasteiger partial charge in [0.2, 0.25) is 10.0 Å². The summed E-state index contributed by atoms with van der Waals surface area (Å²) < 4.78 is 73.7. The van der Waals surface area contributed by atoms with Gasteiger partial charge < -0.3 is 5.73 Å². The molecule has 1 aromatic carbocycles. The molecule has 0 radical (unpaired) electrons. The molecule has 0 aliphatic rings. The summed E-state index contributed by atoms with van der Waals surface area (Å²) in [4.78, 5) is 0. The largest absolute Gasteiger partial charge is 0.399 e. The van der Waals surface area contributed by atoms with Gasteiger partial charge in [0, 0.05) is 12.1 Å². The molecule has 0 heterocycles. The van der Waals surface area contributed by atoms with Crippen molar-refractivity contribution in [3.8, 4) is 0 Å². The van der Waals surface area contributed by atoms with Crippen molar-refractivity contribution in [2.45, 2.75) is 19.0 Å². The number of anilines is 2. The zero-order valence-corrected chi connectivity index (χ0v) is 10.5. The van der Waals surface area contributed by atoms with Gasteiger partial charge in [0.15, 0.2) is 0 Å². The van der Waals surface area contributed by atoms with Crippen LogP contribution in [-0.4, -0.2) is 20.3 Å². The van der Waals surface area contributed by atoms with E-state index in [1.54, 1.807) is 0 Å². The summed E-state index contributed by atoms with van der Waals surface area (Å²) in [5, 5.41) is 0. The predicted octanol–water partition coefficient (Wildman–Crippen LogP) is 2.49. The van der Waals surface area contributed by atoms with Crippen LogP contribution in [0.5, 0.6) is 0 Å². The summed E-state index contributed by atoms with van der Waals surface area (Å²) >= 11 is 0. The second kappa shape index (κ2) is 5.64. The minimum Gasteiger partial charge on any atom is -0.399 e. The lowest BCUT2D eigenvalue weighted by Crippen LogP contribution is -2.19. The fourth-order valence-electron chi connectivity index (χ4n) is 1.30. The molecule has 0 aliphatic carbocycles. The maximum atomic E-state index is 13.3. The Balaban J connectivity index is 2.64. The quantitative estimate of drug-likeness (QED) is 0.648. The lowest BCUT2D eigenvalue weighted by atomic mass is 10.3. The minimum atomic E-state index is -4.41. The van der Waals surface area contributed by atoms with Crippen molar-refractivity contribution in [1.82, 2.24) is 0 Å². The maximum Gasteiger partial charge on any atom is 0.389 e. The van der Waals surface area contributed by atoms with Gasteiger partial charge in [0.25, 0.3) is 0 Å². The predicted molar refractivity (Wildman–Crippen MR) is 63.5 cm³/mol. The van der Waals surface area contributed by atoms with Crippen LogP contribution in [0.4, 0.5) is 28.9 Å². The van der Waals surface area contributed by atoms with E-state index < -0.39 is 40.6 Å². The van der Waals surface area contributed by atoms with Crippen molar-refractivity contribution in [3.05, 3.63) is 24.0 Å². The number of halogens is 4. The molecule has 0 aromatic heterocycles. The smallest absolute Gasteiger partial charge is 0.389 e. The third kappa shape index (κ3) is 5.77. The Bertz CT molecular complexity index is 543. The molecule has 0 amide bonds. The lowest BCUT2D eigenvalue weighted by Gasteiger charge is -2.10. The van der Waals surface area contributed by atoms with E-state index in [2.05, 4.69) is 0 Å². The molecule has 0 unspecified atom stereocenters. The molecule has 1 rings (SSSR count). The summed E-state index contributed by atoms with van der Waals surface area (Å²) in [6.07, 6.45) is -6.21. The summed E-state index contributed by atoms with van der Waals surface area (Å²) in [5.74, 6) is -1.63. The monoisotopic (exact) mass is 300 g/mol. The van der Waals surface area contributed by atoms with E-state index >= 15 is 0 Å². The Morgan fingerprint density at radius 1 is 1.26 bits per heavy atom. The van der Waals surface area contributed by atoms with Crippen LogP contribution in [-0.2, 0) is 10.0 Å². The zero-order valence-electron chi connectivity index (χ0n) is 9.67. The Labute approximate surface area is 107 Å². The SMILES string of the molecule is Nc1ccc(NS(=O)(=O)CCCC(F)(F)F)c(F)c1. The third-order valence-corrected chi connectivity index (χ3v) is 3.49. The second-order valence-electron chi connectivity index (χ2n) is 3.88. The molecule has 9 heteroatoms. The van der Waals surface area contributed by atoms with Crippen molar-refractivity contribution in [1.29, 1.82) is 0 Å². The van der Waals surface area contributed by atoms with Gasteiger partial charge in [0.05, 0.1) is 11.4 Å². The van der Waals surface area contributed by atoms with E-state index in [-0.39, 0.29) is 11.4 Å². The number of nitrogens with one attached hydrogen (secondary N) is 1. The number of hydrogen-bond donors (Lipinski definition) is 2. The normalized spacial score (nSPS) is 12.4. The van der Waals surface area contributed by atoms with Gasteiger partial charge in [-0.2, -0.15) is 13.2 Å². The molecule has 108 valence electrons. The van der Waals surface area contributed by atoms with E-state index in [9.17, 15) is 26.0 Å². The van der Waals surface area contributed by atoms with E-state index in [0.29, 0.717) is 0 Å². The molecule has 1 aromatic rings. The first-order valence-electron chi connectivity index (χ1n) is 5.21. The number of rotatable bonds is 5. The van der Waals surface area contributed by atoms with Crippen molar-refractivity contribution >= 4 is 21.4 Å². The molecular formula is C10H12F4N2O2S. The van der Waals surface area contributed by atoms with Crippen LogP contribution in [0.2, 0.25) is 0 Å². The van der Waals surface area contributed by atoms with E-state index in [0.717, 1.165) is 12.1 Å². The molecule has 0 saturated heterocycles. The van der Waals surface area contributed by atoms with Crippen molar-refractivity contribution < 1.29 is 26.0 Å². The van der Waals surface area contributed by atoms with Crippen LogP contribution in [0.25, 0.3) is 0 Å². The van der Waals surface area contributed by atoms with E-state index in [4.69, 9.17) is 5.73 Å². The molecule has 0 bridgehead atoms. The van der Waals surface area contributed by atoms with Crippen molar-refractivity contribution in [2.75, 3.05) is 16.2 Å². The lowest BCUT2D eigenvalue weighted by molar-refractivity contribution is -0.134. The third-order valence-electron chi connectivity index (χ3n) is 2.13. The number of nitrogens with two attached hydrogens (primary N) is 1. The summed E-state index contributed by atoms with van der Waals surface area (Å²) in [7, 11) is -4.02. The molecule has 0 aliphatic heterocycles. The summed E-state index contributed by atoms with van der Waals surface area (Å²) in [6, 6.07) is 3.29. The highest BCUT2D eigenvalue weighted by Gasteiger charge is 2.27. The van der Waals surface area contributed by atoms with Crippen LogP contribution >= 0.6 is 0 Å². The van der Waals surface area contributed by atoms with Gasteiger partial charge >= 0.3 is 6.18 Å². The second-order valence-corrected chi connectivity index (χ2v) is 5.72. The Morgan fingerprint density at radius 2 is 1.89 bits per heavy atom. The fourth-order valence-corrected chi connectivity index (χ4v) is 2.42. The molecular weight excluding hydrogens is 288 g/mol. The number of benzene rings is 1. The number of sulfonamides is 1. The molecule has 3 N–H and O–H groups in total. The Morgan fingerprint density at radius 3 is 2.42 bits per heavy atom. The Hall–Kier alpha value is -1.51. The van der Waals surface area contributed by atoms with Crippen LogP contribution < -0.4 is 10.5 Å². The average Bonchev–Trinajstić information content (AvgIpc) is 2.20. The number of nitrogen functional groups attached to an aromatic ring is 1. The molecule has 19 heavy (non-hydrogen) atoms. The first kappa shape index (κ1) is 15.5. The first-order chi connectivity index (χ1) is 8.59. The van der Waals surface area contributed by atoms with Gasteiger partial charge in [-0.05, 0) is 24.6 Å². The standard InChI is InChI=1S/C10H12F4N2O2S/c11-8-6-7(15)2-3-9(8)16-19(17,18)5-1-4-10(12,13)14/h2-3,6,16H,1,4-5,15H2. The van der Waals surface area contributed by atoms with Crippen molar-refractivity contribution in [3.63, 3.8) is 0 Å². The topological polar surface area (TPSA) is 72.2 Å². The Kier molecular flexibility index (Phi) is 4.61. The fraction of sp³-hybridized carbons (Fsp3) is 0.400. The summed E-state index contributed by atoms with van der Waals surface area (Å²) in [6.45, 7) is 0. The molecule has 0 fully saturated rings. The van der Waals surface area contributed by atoms with Crippen molar-refractivity contribution in [2.24, 2.45) is 0 Å². The molecule has 0 spiro atoms. The first-order valence-corrected chi connectivity index (χ1v) is 6.86.